The molecule has 0 aromatic heterocycles. The SMILES string of the molecule is C=C(/C=C1/N=C(C(=O)N2CCNC(CC=N)C2C)C=C(CC)N1C)c1ccc(/C=C/C(=O)O)cc1F. The molecule has 2 aliphatic heterocycles. The third-order valence-corrected chi connectivity index (χ3v) is 6.42. The molecule has 0 saturated carbocycles. The van der Waals surface area contributed by atoms with E-state index in [9.17, 15) is 14.0 Å². The van der Waals surface area contributed by atoms with Gasteiger partial charge in [0.1, 0.15) is 17.3 Å². The summed E-state index contributed by atoms with van der Waals surface area (Å²) in [6.45, 7) is 9.14. The number of carbonyl (C=O) groups excluding carboxylic acids is 1. The molecular weight excluding hydrogens is 461 g/mol. The lowest BCUT2D eigenvalue weighted by molar-refractivity contribution is -0.131. The Balaban J connectivity index is 1.90. The molecule has 9 heteroatoms. The van der Waals surface area contributed by atoms with E-state index in [2.05, 4.69) is 16.9 Å². The highest BCUT2D eigenvalue weighted by Gasteiger charge is 2.33. The Hall–Kier alpha value is -3.85. The second kappa shape index (κ2) is 11.7. The summed E-state index contributed by atoms with van der Waals surface area (Å²) in [6.07, 6.45) is 8.24. The maximum atomic E-state index is 14.8. The van der Waals surface area contributed by atoms with Crippen LogP contribution in [0.2, 0.25) is 0 Å². The van der Waals surface area contributed by atoms with Crippen LogP contribution in [0.1, 0.15) is 37.8 Å². The van der Waals surface area contributed by atoms with Crippen molar-refractivity contribution in [1.82, 2.24) is 15.1 Å². The van der Waals surface area contributed by atoms with Crippen molar-refractivity contribution in [3.05, 3.63) is 71.5 Å². The number of hydrogen-bond donors (Lipinski definition) is 3. The molecule has 2 unspecified atom stereocenters. The molecule has 36 heavy (non-hydrogen) atoms. The number of carboxylic acids is 1. The zero-order chi connectivity index (χ0) is 26.4. The first-order valence-electron chi connectivity index (χ1n) is 11.8. The van der Waals surface area contributed by atoms with Gasteiger partial charge in [-0.05, 0) is 61.4 Å². The van der Waals surface area contributed by atoms with Crippen LogP contribution in [0.5, 0.6) is 0 Å². The Morgan fingerprint density at radius 1 is 1.39 bits per heavy atom. The lowest BCUT2D eigenvalue weighted by Crippen LogP contribution is -2.59. The molecule has 8 nitrogen and oxygen atoms in total. The predicted molar refractivity (Wildman–Crippen MR) is 140 cm³/mol. The van der Waals surface area contributed by atoms with Crippen molar-refractivity contribution in [2.75, 3.05) is 20.1 Å². The van der Waals surface area contributed by atoms with Crippen LogP contribution in [0.3, 0.4) is 0 Å². The number of carboxylic acid groups (broad SMARTS) is 1. The highest BCUT2D eigenvalue weighted by Crippen LogP contribution is 2.27. The van der Waals surface area contributed by atoms with E-state index in [0.717, 1.165) is 11.8 Å². The zero-order valence-electron chi connectivity index (χ0n) is 20.8. The lowest BCUT2D eigenvalue weighted by atomic mass is 10.0. The van der Waals surface area contributed by atoms with Gasteiger partial charge >= 0.3 is 5.97 Å². The fourth-order valence-electron chi connectivity index (χ4n) is 4.31. The van der Waals surface area contributed by atoms with Gasteiger partial charge in [-0.1, -0.05) is 25.6 Å². The minimum absolute atomic E-state index is 0.00719. The highest BCUT2D eigenvalue weighted by atomic mass is 19.1. The van der Waals surface area contributed by atoms with E-state index < -0.39 is 11.8 Å². The second-order valence-corrected chi connectivity index (χ2v) is 8.72. The first kappa shape index (κ1) is 26.7. The van der Waals surface area contributed by atoms with Crippen LogP contribution >= 0.6 is 0 Å². The van der Waals surface area contributed by atoms with E-state index in [1.807, 2.05) is 25.8 Å². The number of carbonyl (C=O) groups is 2. The Bertz CT molecular complexity index is 1180. The molecule has 3 N–H and O–H groups in total. The molecule has 2 aliphatic rings. The van der Waals surface area contributed by atoms with E-state index >= 15 is 0 Å². The first-order valence-corrected chi connectivity index (χ1v) is 11.8. The number of halogens is 1. The summed E-state index contributed by atoms with van der Waals surface area (Å²) >= 11 is 0. The number of nitrogens with zero attached hydrogens (tertiary/aromatic N) is 3. The number of aliphatic carboxylic acids is 1. The number of rotatable bonds is 8. The molecule has 0 bridgehead atoms. The average molecular weight is 494 g/mol. The van der Waals surface area contributed by atoms with E-state index in [0.29, 0.717) is 48.6 Å². The average Bonchev–Trinajstić information content (AvgIpc) is 2.85. The van der Waals surface area contributed by atoms with Gasteiger partial charge in [0.2, 0.25) is 0 Å². The van der Waals surface area contributed by atoms with Crippen LogP contribution in [-0.4, -0.2) is 70.9 Å². The highest BCUT2D eigenvalue weighted by molar-refractivity contribution is 6.43. The molecule has 1 fully saturated rings. The van der Waals surface area contributed by atoms with Crippen molar-refractivity contribution in [2.24, 2.45) is 4.99 Å². The van der Waals surface area contributed by atoms with Gasteiger partial charge in [-0.15, -0.1) is 0 Å². The standard InChI is InChI=1S/C27H32FN5O3/c1-5-20-16-24(27(36)33-13-12-30-23(10-11-29)18(33)3)31-25(32(20)4)14-17(2)21-8-6-19(15-22(21)28)7-9-26(34)35/h6-9,11,14-16,18,23,29-30H,2,5,10,12-13H2,1,3-4H3,(H,34,35)/b9-7+,25-14-,29-11?. The first-order chi connectivity index (χ1) is 17.2. The Morgan fingerprint density at radius 3 is 2.78 bits per heavy atom. The monoisotopic (exact) mass is 493 g/mol. The number of allylic oxidation sites excluding steroid dienone is 3. The molecule has 190 valence electrons. The topological polar surface area (TPSA) is 109 Å². The van der Waals surface area contributed by atoms with Crippen LogP contribution in [0.25, 0.3) is 11.6 Å². The van der Waals surface area contributed by atoms with Crippen molar-refractivity contribution in [3.63, 3.8) is 0 Å². The summed E-state index contributed by atoms with van der Waals surface area (Å²) < 4.78 is 14.8. The maximum Gasteiger partial charge on any atom is 0.328 e. The summed E-state index contributed by atoms with van der Waals surface area (Å²) in [6, 6.07) is 4.30. The normalized spacial score (nSPS) is 21.4. The van der Waals surface area contributed by atoms with Gasteiger partial charge in [0.15, 0.2) is 0 Å². The van der Waals surface area contributed by atoms with Gasteiger partial charge in [0.05, 0.1) is 0 Å². The number of benzene rings is 1. The quantitative estimate of drug-likeness (QED) is 0.378. The third-order valence-electron chi connectivity index (χ3n) is 6.42. The molecule has 2 atom stereocenters. The molecule has 1 aromatic carbocycles. The van der Waals surface area contributed by atoms with Gasteiger partial charge < -0.3 is 25.6 Å². The van der Waals surface area contributed by atoms with Crippen LogP contribution < -0.4 is 5.32 Å². The molecule has 1 aromatic rings. The minimum atomic E-state index is -1.11. The fraction of sp³-hybridized carbons (Fsp3) is 0.333. The van der Waals surface area contributed by atoms with Crippen LogP contribution in [0, 0.1) is 11.2 Å². The fourth-order valence-corrected chi connectivity index (χ4v) is 4.31. The number of hydrogen-bond acceptors (Lipinski definition) is 6. The van der Waals surface area contributed by atoms with Gasteiger partial charge in [0.25, 0.3) is 5.91 Å². The van der Waals surface area contributed by atoms with E-state index in [1.165, 1.54) is 24.4 Å². The van der Waals surface area contributed by atoms with E-state index in [4.69, 9.17) is 10.5 Å². The van der Waals surface area contributed by atoms with Crippen molar-refractivity contribution in [3.8, 4) is 0 Å². The number of nitrogens with one attached hydrogen (secondary N) is 2. The van der Waals surface area contributed by atoms with Crippen molar-refractivity contribution < 1.29 is 19.1 Å². The molecular formula is C27H32FN5O3. The summed E-state index contributed by atoms with van der Waals surface area (Å²) in [5.74, 6) is -1.37. The molecule has 0 spiro atoms. The molecule has 0 radical (unpaired) electrons. The molecule has 1 amide bonds. The molecule has 0 aliphatic carbocycles. The number of amides is 1. The van der Waals surface area contributed by atoms with Gasteiger partial charge in [-0.3, -0.25) is 4.79 Å². The minimum Gasteiger partial charge on any atom is -0.478 e. The summed E-state index contributed by atoms with van der Waals surface area (Å²) in [4.78, 5) is 32.4. The number of aliphatic imine (C=N–C) groups is 1. The van der Waals surface area contributed by atoms with Crippen molar-refractivity contribution >= 4 is 35.5 Å². The van der Waals surface area contributed by atoms with E-state index in [1.54, 1.807) is 23.1 Å². The summed E-state index contributed by atoms with van der Waals surface area (Å²) in [5.41, 5.74) is 2.24. The second-order valence-electron chi connectivity index (χ2n) is 8.72. The van der Waals surface area contributed by atoms with Crippen molar-refractivity contribution in [1.29, 1.82) is 5.41 Å². The Kier molecular flexibility index (Phi) is 8.71. The van der Waals surface area contributed by atoms with Gasteiger partial charge in [-0.2, -0.15) is 0 Å². The molecule has 1 saturated heterocycles. The van der Waals surface area contributed by atoms with Crippen LogP contribution in [-0.2, 0) is 9.59 Å². The summed E-state index contributed by atoms with van der Waals surface area (Å²) in [7, 11) is 1.84. The van der Waals surface area contributed by atoms with Gasteiger partial charge in [0, 0.05) is 49.6 Å². The molecule has 3 rings (SSSR count). The van der Waals surface area contributed by atoms with Gasteiger partial charge in [-0.25, -0.2) is 14.2 Å². The van der Waals surface area contributed by atoms with Crippen LogP contribution in [0.15, 0.2) is 59.5 Å². The molecule has 2 heterocycles. The zero-order valence-corrected chi connectivity index (χ0v) is 20.8. The smallest absolute Gasteiger partial charge is 0.328 e. The largest absolute Gasteiger partial charge is 0.478 e. The Labute approximate surface area is 210 Å². The van der Waals surface area contributed by atoms with E-state index in [-0.39, 0.29) is 23.6 Å². The third kappa shape index (κ3) is 6.04. The Morgan fingerprint density at radius 2 is 2.14 bits per heavy atom. The maximum absolute atomic E-state index is 14.8. The van der Waals surface area contributed by atoms with Crippen molar-refractivity contribution in [2.45, 2.75) is 38.8 Å². The summed E-state index contributed by atoms with van der Waals surface area (Å²) in [5, 5.41) is 19.5. The lowest BCUT2D eigenvalue weighted by Gasteiger charge is -2.40. The predicted octanol–water partition coefficient (Wildman–Crippen LogP) is 3.69. The van der Waals surface area contributed by atoms with Crippen LogP contribution in [0.4, 0.5) is 4.39 Å². The number of piperazine rings is 1.